The number of likely N-dealkylation sites (tertiary alicyclic amines) is 1. The number of hydrogen-bond acceptors (Lipinski definition) is 3. The Bertz CT molecular complexity index is 376. The van der Waals surface area contributed by atoms with Crippen LogP contribution in [0.1, 0.15) is 39.0 Å². The van der Waals surface area contributed by atoms with Crippen molar-refractivity contribution in [3.05, 3.63) is 0 Å². The fourth-order valence-corrected chi connectivity index (χ4v) is 2.70. The minimum atomic E-state index is -2.27. The Morgan fingerprint density at radius 1 is 1.47 bits per heavy atom. The number of carbonyl (C=O) groups excluding carboxylic acids is 1. The van der Waals surface area contributed by atoms with Gasteiger partial charge in [-0.15, -0.1) is 0 Å². The van der Waals surface area contributed by atoms with Gasteiger partial charge in [-0.1, -0.05) is 0 Å². The van der Waals surface area contributed by atoms with Crippen LogP contribution in [0.5, 0.6) is 0 Å². The molecule has 2 fully saturated rings. The van der Waals surface area contributed by atoms with Crippen LogP contribution < -0.4 is 0 Å². The third kappa shape index (κ3) is 3.23. The third-order valence-corrected chi connectivity index (χ3v) is 3.96. The number of nitrogens with zero attached hydrogens (tertiary/aromatic N) is 1. The van der Waals surface area contributed by atoms with Gasteiger partial charge in [-0.2, -0.15) is 0 Å². The monoisotopic (exact) mass is 273 g/mol. The molecule has 2 heterocycles. The van der Waals surface area contributed by atoms with Crippen LogP contribution in [-0.4, -0.2) is 52.8 Å². The molecule has 1 N–H and O–H groups in total. The first-order chi connectivity index (χ1) is 8.90. The average Bonchev–Trinajstić information content (AvgIpc) is 2.94. The molecule has 6 heteroatoms. The molecule has 2 aliphatic heterocycles. The number of carboxylic acids is 1. The summed E-state index contributed by atoms with van der Waals surface area (Å²) in [5.74, 6) is -1.65. The summed E-state index contributed by atoms with van der Waals surface area (Å²) in [4.78, 5) is 24.0. The van der Waals surface area contributed by atoms with Crippen LogP contribution >= 0.6 is 0 Å². The molecule has 0 aromatic rings. The van der Waals surface area contributed by atoms with Crippen LogP contribution in [0.3, 0.4) is 0 Å². The van der Waals surface area contributed by atoms with Gasteiger partial charge in [0.25, 0.3) is 0 Å². The first-order valence-electron chi connectivity index (χ1n) is 6.76. The minimum Gasteiger partial charge on any atom is -0.479 e. The summed E-state index contributed by atoms with van der Waals surface area (Å²) in [7, 11) is 0. The Morgan fingerprint density at radius 2 is 2.21 bits per heavy atom. The quantitative estimate of drug-likeness (QED) is 0.840. The van der Waals surface area contributed by atoms with Crippen LogP contribution in [-0.2, 0) is 14.3 Å². The van der Waals surface area contributed by atoms with E-state index in [2.05, 4.69) is 0 Å². The summed E-state index contributed by atoms with van der Waals surface area (Å²) in [5.41, 5.74) is -2.27. The van der Waals surface area contributed by atoms with Gasteiger partial charge in [0.1, 0.15) is 0 Å². The van der Waals surface area contributed by atoms with E-state index in [1.54, 1.807) is 0 Å². The number of ether oxygens (including phenoxy) is 1. The van der Waals surface area contributed by atoms with Crippen molar-refractivity contribution >= 4 is 11.9 Å². The van der Waals surface area contributed by atoms with Gasteiger partial charge < -0.3 is 14.7 Å². The van der Waals surface area contributed by atoms with E-state index in [0.717, 1.165) is 12.8 Å². The van der Waals surface area contributed by atoms with Gasteiger partial charge in [0.15, 0.2) is 0 Å². The number of hydrogen-bond donors (Lipinski definition) is 1. The lowest BCUT2D eigenvalue weighted by atomic mass is 10.1. The Labute approximate surface area is 111 Å². The maximum absolute atomic E-state index is 13.8. The Kier molecular flexibility index (Phi) is 4.08. The van der Waals surface area contributed by atoms with E-state index in [9.17, 15) is 14.0 Å². The molecule has 5 nitrogen and oxygen atoms in total. The maximum atomic E-state index is 13.8. The van der Waals surface area contributed by atoms with Crippen LogP contribution in [0.15, 0.2) is 0 Å². The van der Waals surface area contributed by atoms with E-state index < -0.39 is 11.6 Å². The van der Waals surface area contributed by atoms with Crippen LogP contribution in [0.2, 0.25) is 0 Å². The van der Waals surface area contributed by atoms with E-state index in [1.165, 1.54) is 4.90 Å². The van der Waals surface area contributed by atoms with E-state index in [1.807, 2.05) is 6.92 Å². The SMILES string of the molecule is CC1CCC(CCC(=O)N2CCC(F)(C(=O)O)C2)O1. The first-order valence-corrected chi connectivity index (χ1v) is 6.76. The molecule has 0 aromatic carbocycles. The summed E-state index contributed by atoms with van der Waals surface area (Å²) < 4.78 is 19.4. The second-order valence-corrected chi connectivity index (χ2v) is 5.52. The highest BCUT2D eigenvalue weighted by Crippen LogP contribution is 2.27. The van der Waals surface area contributed by atoms with Gasteiger partial charge in [-0.05, 0) is 26.2 Å². The molecule has 2 saturated heterocycles. The van der Waals surface area contributed by atoms with Gasteiger partial charge >= 0.3 is 5.97 Å². The lowest BCUT2D eigenvalue weighted by Crippen LogP contribution is -2.39. The zero-order valence-corrected chi connectivity index (χ0v) is 11.1. The predicted octanol–water partition coefficient (Wildman–Crippen LogP) is 1.36. The smallest absolute Gasteiger partial charge is 0.343 e. The number of carboxylic acid groups (broad SMARTS) is 1. The van der Waals surface area contributed by atoms with Crippen molar-refractivity contribution in [1.82, 2.24) is 4.90 Å². The molecular weight excluding hydrogens is 253 g/mol. The standard InChI is InChI=1S/C13H20FNO4/c1-9-2-3-10(19-9)4-5-11(16)15-7-6-13(14,8-15)12(17)18/h9-10H,2-8H2,1H3,(H,17,18). The lowest BCUT2D eigenvalue weighted by Gasteiger charge is -2.18. The molecule has 108 valence electrons. The Hall–Kier alpha value is -1.17. The van der Waals surface area contributed by atoms with Gasteiger partial charge in [0.2, 0.25) is 11.6 Å². The Balaban J connectivity index is 1.77. The second kappa shape index (κ2) is 5.45. The average molecular weight is 273 g/mol. The number of alkyl halides is 1. The molecule has 19 heavy (non-hydrogen) atoms. The van der Waals surface area contributed by atoms with E-state index in [-0.39, 0.29) is 37.6 Å². The molecule has 3 atom stereocenters. The van der Waals surface area contributed by atoms with Gasteiger partial charge in [-0.3, -0.25) is 4.79 Å². The molecular formula is C13H20FNO4. The van der Waals surface area contributed by atoms with Gasteiger partial charge in [-0.25, -0.2) is 9.18 Å². The lowest BCUT2D eigenvalue weighted by molar-refractivity contribution is -0.150. The second-order valence-electron chi connectivity index (χ2n) is 5.52. The van der Waals surface area contributed by atoms with Crippen molar-refractivity contribution in [2.24, 2.45) is 0 Å². The molecule has 3 unspecified atom stereocenters. The number of carbonyl (C=O) groups is 2. The summed E-state index contributed by atoms with van der Waals surface area (Å²) in [5, 5.41) is 8.77. The summed E-state index contributed by atoms with van der Waals surface area (Å²) in [6.45, 7) is 1.86. The van der Waals surface area contributed by atoms with Crippen molar-refractivity contribution in [2.75, 3.05) is 13.1 Å². The minimum absolute atomic E-state index is 0.108. The largest absolute Gasteiger partial charge is 0.479 e. The maximum Gasteiger partial charge on any atom is 0.343 e. The fraction of sp³-hybridized carbons (Fsp3) is 0.846. The van der Waals surface area contributed by atoms with Crippen molar-refractivity contribution in [2.45, 2.75) is 56.9 Å². The normalized spacial score (nSPS) is 34.7. The molecule has 1 amide bonds. The van der Waals surface area contributed by atoms with Gasteiger partial charge in [0, 0.05) is 19.4 Å². The summed E-state index contributed by atoms with van der Waals surface area (Å²) in [6, 6.07) is 0. The highest BCUT2D eigenvalue weighted by molar-refractivity contribution is 5.82. The number of rotatable bonds is 4. The topological polar surface area (TPSA) is 66.8 Å². The number of halogens is 1. The predicted molar refractivity (Wildman–Crippen MR) is 65.5 cm³/mol. The van der Waals surface area contributed by atoms with Crippen molar-refractivity contribution < 1.29 is 23.8 Å². The van der Waals surface area contributed by atoms with Crippen LogP contribution in [0.4, 0.5) is 4.39 Å². The van der Waals surface area contributed by atoms with Crippen molar-refractivity contribution in [1.29, 1.82) is 0 Å². The molecule has 0 radical (unpaired) electrons. The summed E-state index contributed by atoms with van der Waals surface area (Å²) in [6.07, 6.45) is 3.13. The zero-order chi connectivity index (χ0) is 14.0. The van der Waals surface area contributed by atoms with Crippen molar-refractivity contribution in [3.8, 4) is 0 Å². The van der Waals surface area contributed by atoms with Crippen molar-refractivity contribution in [3.63, 3.8) is 0 Å². The molecule has 2 aliphatic rings. The molecule has 0 bridgehead atoms. The fourth-order valence-electron chi connectivity index (χ4n) is 2.70. The molecule has 0 spiro atoms. The Morgan fingerprint density at radius 3 is 2.74 bits per heavy atom. The molecule has 2 rings (SSSR count). The van der Waals surface area contributed by atoms with E-state index in [4.69, 9.17) is 9.84 Å². The highest BCUT2D eigenvalue weighted by Gasteiger charge is 2.46. The number of amides is 1. The third-order valence-electron chi connectivity index (χ3n) is 3.96. The van der Waals surface area contributed by atoms with Gasteiger partial charge in [0.05, 0.1) is 18.8 Å². The van der Waals surface area contributed by atoms with Crippen LogP contribution in [0.25, 0.3) is 0 Å². The zero-order valence-electron chi connectivity index (χ0n) is 11.1. The van der Waals surface area contributed by atoms with Crippen LogP contribution in [0, 0.1) is 0 Å². The van der Waals surface area contributed by atoms with E-state index >= 15 is 0 Å². The summed E-state index contributed by atoms with van der Waals surface area (Å²) >= 11 is 0. The molecule has 0 aromatic heterocycles. The number of aliphatic carboxylic acids is 1. The molecule has 0 aliphatic carbocycles. The molecule has 0 saturated carbocycles. The highest BCUT2D eigenvalue weighted by atomic mass is 19.1. The van der Waals surface area contributed by atoms with E-state index in [0.29, 0.717) is 12.8 Å². The first kappa shape index (κ1) is 14.2.